The van der Waals surface area contributed by atoms with Crippen LogP contribution in [0, 0.1) is 11.3 Å². The Kier molecular flexibility index (Phi) is 4.40. The second-order valence-electron chi connectivity index (χ2n) is 8.23. The Balaban J connectivity index is 1.52. The smallest absolute Gasteiger partial charge is 0.177 e. The van der Waals surface area contributed by atoms with E-state index in [1.807, 2.05) is 24.3 Å². The van der Waals surface area contributed by atoms with Gasteiger partial charge in [-0.3, -0.25) is 0 Å². The summed E-state index contributed by atoms with van der Waals surface area (Å²) in [5, 5.41) is 20.4. The summed E-state index contributed by atoms with van der Waals surface area (Å²) in [7, 11) is -3.14. The predicted octanol–water partition coefficient (Wildman–Crippen LogP) is 3.34. The number of rotatable bonds is 7. The molecule has 154 valence electrons. The van der Waals surface area contributed by atoms with Gasteiger partial charge in [0.25, 0.3) is 0 Å². The second kappa shape index (κ2) is 6.99. The van der Waals surface area contributed by atoms with Gasteiger partial charge < -0.3 is 10.6 Å². The molecule has 0 aliphatic heterocycles. The number of hydrogen-bond donors (Lipinski definition) is 2. The minimum atomic E-state index is -3.14. The molecule has 8 nitrogen and oxygen atoms in total. The first kappa shape index (κ1) is 18.9. The van der Waals surface area contributed by atoms with Crippen LogP contribution in [0.5, 0.6) is 0 Å². The van der Waals surface area contributed by atoms with Crippen molar-refractivity contribution < 1.29 is 8.42 Å². The molecule has 2 aliphatic carbocycles. The number of nitriles is 1. The maximum absolute atomic E-state index is 11.9. The zero-order valence-corrected chi connectivity index (χ0v) is 17.4. The molecule has 0 unspecified atom stereocenters. The number of aromatic nitrogens is 3. The normalized spacial score (nSPS) is 16.4. The third-order valence-corrected chi connectivity index (χ3v) is 6.21. The van der Waals surface area contributed by atoms with E-state index in [0.717, 1.165) is 48.3 Å². The second-order valence-corrected chi connectivity index (χ2v) is 10.4. The SMILES string of the molecule is CS(=O)(=O)Cc1cc(Nc2cc(NC3CC3)n3ncc(C#N)c3n2)ccc1C1CC1. The molecule has 5 rings (SSSR count). The van der Waals surface area contributed by atoms with Crippen LogP contribution in [0.4, 0.5) is 17.3 Å². The topological polar surface area (TPSA) is 112 Å². The third kappa shape index (κ3) is 3.96. The molecule has 2 heterocycles. The molecule has 2 saturated carbocycles. The molecule has 3 aromatic rings. The van der Waals surface area contributed by atoms with Crippen LogP contribution in [-0.2, 0) is 15.6 Å². The first-order valence-corrected chi connectivity index (χ1v) is 12.1. The summed E-state index contributed by atoms with van der Waals surface area (Å²) in [4.78, 5) is 4.57. The van der Waals surface area contributed by atoms with Crippen molar-refractivity contribution in [2.24, 2.45) is 0 Å². The highest BCUT2D eigenvalue weighted by molar-refractivity contribution is 7.89. The molecule has 30 heavy (non-hydrogen) atoms. The van der Waals surface area contributed by atoms with Crippen molar-refractivity contribution in [3.05, 3.63) is 47.2 Å². The number of fused-ring (bicyclic) bond motifs is 1. The molecular formula is C21H22N6O2S. The summed E-state index contributed by atoms with van der Waals surface area (Å²) in [6.45, 7) is 0. The van der Waals surface area contributed by atoms with Crippen molar-refractivity contribution in [1.82, 2.24) is 14.6 Å². The van der Waals surface area contributed by atoms with Crippen molar-refractivity contribution in [3.8, 4) is 6.07 Å². The highest BCUT2D eigenvalue weighted by Gasteiger charge is 2.27. The first-order chi connectivity index (χ1) is 14.4. The maximum atomic E-state index is 11.9. The molecule has 0 amide bonds. The molecule has 0 atom stereocenters. The van der Waals surface area contributed by atoms with Crippen molar-refractivity contribution >= 4 is 32.8 Å². The van der Waals surface area contributed by atoms with Gasteiger partial charge in [0.05, 0.1) is 11.9 Å². The minimum Gasteiger partial charge on any atom is -0.367 e. The maximum Gasteiger partial charge on any atom is 0.177 e. The number of nitrogens with one attached hydrogen (secondary N) is 2. The standard InChI is InChI=1S/C21H22N6O2S/c1-30(28,29)12-14-8-17(6-7-18(14)13-2-3-13)24-19-9-20(25-16-4-5-16)27-21(26-19)15(10-22)11-23-27/h6-9,11,13,16,25H,2-5,12H2,1H3,(H,24,26). The van der Waals surface area contributed by atoms with Gasteiger partial charge in [0.15, 0.2) is 15.5 Å². The van der Waals surface area contributed by atoms with E-state index >= 15 is 0 Å². The van der Waals surface area contributed by atoms with Crippen molar-refractivity contribution in [3.63, 3.8) is 0 Å². The molecule has 0 bridgehead atoms. The van der Waals surface area contributed by atoms with Crippen LogP contribution in [0.1, 0.15) is 48.3 Å². The molecule has 9 heteroatoms. The summed E-state index contributed by atoms with van der Waals surface area (Å²) in [6, 6.07) is 10.3. The van der Waals surface area contributed by atoms with E-state index < -0.39 is 9.84 Å². The molecule has 0 saturated heterocycles. The molecule has 2 fully saturated rings. The van der Waals surface area contributed by atoms with E-state index in [4.69, 9.17) is 0 Å². The van der Waals surface area contributed by atoms with Gasteiger partial charge in [0.1, 0.15) is 23.3 Å². The minimum absolute atomic E-state index is 0.0243. The van der Waals surface area contributed by atoms with Crippen molar-refractivity contribution in [2.75, 3.05) is 16.9 Å². The van der Waals surface area contributed by atoms with Crippen LogP contribution >= 0.6 is 0 Å². The van der Waals surface area contributed by atoms with Gasteiger partial charge in [0, 0.05) is 24.1 Å². The van der Waals surface area contributed by atoms with E-state index in [-0.39, 0.29) is 5.75 Å². The summed E-state index contributed by atoms with van der Waals surface area (Å²) in [5.41, 5.74) is 3.61. The fourth-order valence-electron chi connectivity index (χ4n) is 3.68. The van der Waals surface area contributed by atoms with E-state index in [0.29, 0.717) is 29.0 Å². The highest BCUT2D eigenvalue weighted by Crippen LogP contribution is 2.42. The van der Waals surface area contributed by atoms with E-state index in [9.17, 15) is 13.7 Å². The third-order valence-electron chi connectivity index (χ3n) is 5.37. The molecule has 0 radical (unpaired) electrons. The number of sulfone groups is 1. The van der Waals surface area contributed by atoms with Crippen molar-refractivity contribution in [1.29, 1.82) is 5.26 Å². The lowest BCUT2D eigenvalue weighted by molar-refractivity contribution is 0.601. The number of benzene rings is 1. The quantitative estimate of drug-likeness (QED) is 0.600. The Morgan fingerprint density at radius 2 is 2.03 bits per heavy atom. The predicted molar refractivity (Wildman–Crippen MR) is 115 cm³/mol. The lowest BCUT2D eigenvalue weighted by atomic mass is 10.0. The highest BCUT2D eigenvalue weighted by atomic mass is 32.2. The van der Waals surface area contributed by atoms with Gasteiger partial charge in [-0.15, -0.1) is 0 Å². The first-order valence-electron chi connectivity index (χ1n) is 10.0. The summed E-state index contributed by atoms with van der Waals surface area (Å²) in [6.07, 6.45) is 7.20. The molecule has 2 N–H and O–H groups in total. The molecular weight excluding hydrogens is 400 g/mol. The van der Waals surface area contributed by atoms with Gasteiger partial charge in [-0.25, -0.2) is 13.4 Å². The summed E-state index contributed by atoms with van der Waals surface area (Å²) >= 11 is 0. The monoisotopic (exact) mass is 422 g/mol. The molecule has 2 aromatic heterocycles. The van der Waals surface area contributed by atoms with Crippen LogP contribution in [0.3, 0.4) is 0 Å². The zero-order chi connectivity index (χ0) is 20.9. The van der Waals surface area contributed by atoms with Crippen LogP contribution in [-0.4, -0.2) is 35.3 Å². The Hall–Kier alpha value is -3.12. The average molecular weight is 423 g/mol. The number of nitrogens with zero attached hydrogens (tertiary/aromatic N) is 4. The summed E-state index contributed by atoms with van der Waals surface area (Å²) < 4.78 is 25.5. The molecule has 1 aromatic carbocycles. The largest absolute Gasteiger partial charge is 0.367 e. The average Bonchev–Trinajstić information content (AvgIpc) is 3.60. The summed E-state index contributed by atoms with van der Waals surface area (Å²) in [5.74, 6) is 1.84. The Bertz CT molecular complexity index is 1280. The van der Waals surface area contributed by atoms with Crippen molar-refractivity contribution in [2.45, 2.75) is 43.4 Å². The van der Waals surface area contributed by atoms with Gasteiger partial charge in [-0.2, -0.15) is 14.9 Å². The van der Waals surface area contributed by atoms with E-state index in [1.54, 1.807) is 4.52 Å². The Morgan fingerprint density at radius 1 is 1.23 bits per heavy atom. The van der Waals surface area contributed by atoms with Crippen LogP contribution in [0.15, 0.2) is 30.5 Å². The fraction of sp³-hybridized carbons (Fsp3) is 0.381. The zero-order valence-electron chi connectivity index (χ0n) is 16.6. The lowest BCUT2D eigenvalue weighted by Gasteiger charge is -2.14. The van der Waals surface area contributed by atoms with E-state index in [1.165, 1.54) is 12.5 Å². The fourth-order valence-corrected chi connectivity index (χ4v) is 4.49. The Morgan fingerprint density at radius 3 is 2.70 bits per heavy atom. The lowest BCUT2D eigenvalue weighted by Crippen LogP contribution is -2.09. The van der Waals surface area contributed by atoms with Gasteiger partial charge >= 0.3 is 0 Å². The van der Waals surface area contributed by atoms with E-state index in [2.05, 4.69) is 26.8 Å². The van der Waals surface area contributed by atoms with Gasteiger partial charge in [-0.05, 0) is 54.9 Å². The van der Waals surface area contributed by atoms with Gasteiger partial charge in [0.2, 0.25) is 0 Å². The van der Waals surface area contributed by atoms with Crippen LogP contribution < -0.4 is 10.6 Å². The number of hydrogen-bond acceptors (Lipinski definition) is 7. The molecule has 2 aliphatic rings. The Labute approximate surface area is 174 Å². The molecule has 0 spiro atoms. The van der Waals surface area contributed by atoms with Crippen LogP contribution in [0.25, 0.3) is 5.65 Å². The van der Waals surface area contributed by atoms with Crippen LogP contribution in [0.2, 0.25) is 0 Å². The number of anilines is 3. The van der Waals surface area contributed by atoms with Gasteiger partial charge in [-0.1, -0.05) is 6.07 Å².